The predicted octanol–water partition coefficient (Wildman–Crippen LogP) is 2.08. The van der Waals surface area contributed by atoms with Crippen molar-refractivity contribution < 1.29 is 13.9 Å². The first-order chi connectivity index (χ1) is 9.20. The number of fused-ring (bicyclic) bond motifs is 1. The highest BCUT2D eigenvalue weighted by Gasteiger charge is 2.18. The van der Waals surface area contributed by atoms with Gasteiger partial charge >= 0.3 is 5.97 Å². The highest BCUT2D eigenvalue weighted by Crippen LogP contribution is 2.22. The van der Waals surface area contributed by atoms with E-state index in [1.54, 1.807) is 28.7 Å². The fourth-order valence-electron chi connectivity index (χ4n) is 1.92. The summed E-state index contributed by atoms with van der Waals surface area (Å²) in [6, 6.07) is 8.77. The summed E-state index contributed by atoms with van der Waals surface area (Å²) in [5, 5.41) is 8.09. The first-order valence-electron chi connectivity index (χ1n) is 5.70. The number of aryl methyl sites for hydroxylation is 1. The Kier molecular flexibility index (Phi) is 2.56. The van der Waals surface area contributed by atoms with E-state index in [-0.39, 0.29) is 0 Å². The van der Waals surface area contributed by atoms with Gasteiger partial charge in [-0.05, 0) is 31.2 Å². The van der Waals surface area contributed by atoms with Gasteiger partial charge in [0.05, 0.1) is 7.11 Å². The molecule has 0 radical (unpaired) electrons. The third-order valence-corrected chi connectivity index (χ3v) is 2.78. The van der Waals surface area contributed by atoms with Crippen molar-refractivity contribution in [2.24, 2.45) is 0 Å². The summed E-state index contributed by atoms with van der Waals surface area (Å²) in [5.41, 5.74) is 0.918. The van der Waals surface area contributed by atoms with Crippen molar-refractivity contribution in [2.75, 3.05) is 7.11 Å². The lowest BCUT2D eigenvalue weighted by Gasteiger charge is -2.04. The summed E-state index contributed by atoms with van der Waals surface area (Å²) in [6.45, 7) is 1.84. The number of ether oxygens (including phenoxy) is 1. The average molecular weight is 257 g/mol. The van der Waals surface area contributed by atoms with E-state index < -0.39 is 5.97 Å². The molecule has 0 N–H and O–H groups in total. The molecule has 0 amide bonds. The van der Waals surface area contributed by atoms with Crippen molar-refractivity contribution in [1.82, 2.24) is 14.6 Å². The Hall–Kier alpha value is -2.63. The molecule has 96 valence electrons. The van der Waals surface area contributed by atoms with E-state index in [9.17, 15) is 4.79 Å². The minimum Gasteiger partial charge on any atom is -0.464 e. The Morgan fingerprint density at radius 3 is 2.79 bits per heavy atom. The lowest BCUT2D eigenvalue weighted by Crippen LogP contribution is -2.08. The largest absolute Gasteiger partial charge is 0.464 e. The number of hydrogen-bond acceptors (Lipinski definition) is 5. The zero-order valence-electron chi connectivity index (χ0n) is 10.5. The fourth-order valence-corrected chi connectivity index (χ4v) is 1.92. The van der Waals surface area contributed by atoms with Gasteiger partial charge in [0.25, 0.3) is 0 Å². The number of pyridine rings is 1. The molecule has 0 saturated carbocycles. The molecule has 3 aromatic heterocycles. The van der Waals surface area contributed by atoms with Crippen LogP contribution < -0.4 is 0 Å². The Morgan fingerprint density at radius 1 is 1.26 bits per heavy atom. The third kappa shape index (κ3) is 1.77. The van der Waals surface area contributed by atoms with Crippen LogP contribution in [0, 0.1) is 6.92 Å². The molecule has 3 aromatic rings. The standard InChI is InChI=1S/C13H11N3O3/c1-8-6-7-10(19-8)12-15-14-11-5-3-4-9(16(11)12)13(17)18-2/h3-7H,1-2H3. The molecular weight excluding hydrogens is 246 g/mol. The van der Waals surface area contributed by atoms with Crippen LogP contribution in [0.5, 0.6) is 0 Å². The molecule has 0 saturated heterocycles. The molecule has 0 aliphatic carbocycles. The van der Waals surface area contributed by atoms with Gasteiger partial charge in [0.2, 0.25) is 5.82 Å². The molecule has 0 spiro atoms. The smallest absolute Gasteiger partial charge is 0.355 e. The van der Waals surface area contributed by atoms with Gasteiger partial charge in [-0.15, -0.1) is 10.2 Å². The second-order valence-corrected chi connectivity index (χ2v) is 4.03. The van der Waals surface area contributed by atoms with Gasteiger partial charge in [-0.2, -0.15) is 0 Å². The van der Waals surface area contributed by atoms with Crippen LogP contribution in [0.2, 0.25) is 0 Å². The van der Waals surface area contributed by atoms with E-state index in [1.165, 1.54) is 7.11 Å². The number of esters is 1. The van der Waals surface area contributed by atoms with Gasteiger partial charge in [-0.3, -0.25) is 4.40 Å². The van der Waals surface area contributed by atoms with E-state index in [2.05, 4.69) is 10.2 Å². The number of carbonyl (C=O) groups excluding carboxylic acids is 1. The summed E-state index contributed by atoms with van der Waals surface area (Å²) in [7, 11) is 1.34. The molecular formula is C13H11N3O3. The number of carbonyl (C=O) groups is 1. The van der Waals surface area contributed by atoms with E-state index in [1.807, 2.05) is 13.0 Å². The van der Waals surface area contributed by atoms with Crippen molar-refractivity contribution in [3.63, 3.8) is 0 Å². The van der Waals surface area contributed by atoms with Gasteiger partial charge in [-0.1, -0.05) is 6.07 Å². The van der Waals surface area contributed by atoms with Crippen LogP contribution in [0.15, 0.2) is 34.7 Å². The first-order valence-corrected chi connectivity index (χ1v) is 5.70. The highest BCUT2D eigenvalue weighted by molar-refractivity contribution is 5.89. The molecule has 0 bridgehead atoms. The summed E-state index contributed by atoms with van der Waals surface area (Å²) in [5.74, 6) is 1.35. The summed E-state index contributed by atoms with van der Waals surface area (Å²) < 4.78 is 11.9. The minimum atomic E-state index is -0.449. The second kappa shape index (κ2) is 4.24. The third-order valence-electron chi connectivity index (χ3n) is 2.78. The maximum atomic E-state index is 11.8. The molecule has 0 aliphatic rings. The molecule has 6 heteroatoms. The number of methoxy groups -OCH3 is 1. The summed E-state index contributed by atoms with van der Waals surface area (Å²) >= 11 is 0. The van der Waals surface area contributed by atoms with Crippen LogP contribution >= 0.6 is 0 Å². The van der Waals surface area contributed by atoms with Gasteiger partial charge < -0.3 is 9.15 Å². The van der Waals surface area contributed by atoms with Crippen LogP contribution in [0.3, 0.4) is 0 Å². The van der Waals surface area contributed by atoms with E-state index >= 15 is 0 Å². The minimum absolute atomic E-state index is 0.356. The Balaban J connectivity index is 2.29. The van der Waals surface area contributed by atoms with Crippen molar-refractivity contribution in [1.29, 1.82) is 0 Å². The number of rotatable bonds is 2. The lowest BCUT2D eigenvalue weighted by atomic mass is 10.3. The summed E-state index contributed by atoms with van der Waals surface area (Å²) in [6.07, 6.45) is 0. The monoisotopic (exact) mass is 257 g/mol. The second-order valence-electron chi connectivity index (χ2n) is 4.03. The maximum absolute atomic E-state index is 11.8. The number of nitrogens with zero attached hydrogens (tertiary/aromatic N) is 3. The molecule has 3 heterocycles. The van der Waals surface area contributed by atoms with Gasteiger partial charge in [0.15, 0.2) is 11.4 Å². The maximum Gasteiger partial charge on any atom is 0.355 e. The lowest BCUT2D eigenvalue weighted by molar-refractivity contribution is 0.0592. The molecule has 0 unspecified atom stereocenters. The van der Waals surface area contributed by atoms with E-state index in [0.29, 0.717) is 22.9 Å². The number of hydrogen-bond donors (Lipinski definition) is 0. The number of aromatic nitrogens is 3. The van der Waals surface area contributed by atoms with Gasteiger partial charge in [0, 0.05) is 0 Å². The van der Waals surface area contributed by atoms with Gasteiger partial charge in [0.1, 0.15) is 11.5 Å². The van der Waals surface area contributed by atoms with E-state index in [4.69, 9.17) is 9.15 Å². The van der Waals surface area contributed by atoms with E-state index in [0.717, 1.165) is 5.76 Å². The van der Waals surface area contributed by atoms with Crippen LogP contribution in [0.1, 0.15) is 16.2 Å². The molecule has 0 aliphatic heterocycles. The van der Waals surface area contributed by atoms with Gasteiger partial charge in [-0.25, -0.2) is 4.79 Å². The van der Waals surface area contributed by atoms with Crippen LogP contribution in [-0.2, 0) is 4.74 Å². The highest BCUT2D eigenvalue weighted by atomic mass is 16.5. The normalized spacial score (nSPS) is 10.8. The number of furan rings is 1. The quantitative estimate of drug-likeness (QED) is 0.657. The van der Waals surface area contributed by atoms with Crippen LogP contribution in [0.4, 0.5) is 0 Å². The molecule has 6 nitrogen and oxygen atoms in total. The van der Waals surface area contributed by atoms with Crippen molar-refractivity contribution in [3.05, 3.63) is 41.8 Å². The predicted molar refractivity (Wildman–Crippen MR) is 66.8 cm³/mol. The molecule has 3 rings (SSSR count). The van der Waals surface area contributed by atoms with Crippen LogP contribution in [0.25, 0.3) is 17.2 Å². The summed E-state index contributed by atoms with van der Waals surface area (Å²) in [4.78, 5) is 11.8. The van der Waals surface area contributed by atoms with Crippen LogP contribution in [-0.4, -0.2) is 27.7 Å². The first kappa shape index (κ1) is 11.5. The SMILES string of the molecule is COC(=O)c1cccc2nnc(-c3ccc(C)o3)n12. The molecule has 0 aromatic carbocycles. The topological polar surface area (TPSA) is 69.6 Å². The Bertz CT molecular complexity index is 757. The molecule has 0 atom stereocenters. The Morgan fingerprint density at radius 2 is 2.11 bits per heavy atom. The van der Waals surface area contributed by atoms with Crippen molar-refractivity contribution >= 4 is 11.6 Å². The zero-order chi connectivity index (χ0) is 13.4. The average Bonchev–Trinajstić information content (AvgIpc) is 3.03. The molecule has 0 fully saturated rings. The van der Waals surface area contributed by atoms with Crippen molar-refractivity contribution in [2.45, 2.75) is 6.92 Å². The Labute approximate surface area is 108 Å². The zero-order valence-corrected chi connectivity index (χ0v) is 10.5. The van der Waals surface area contributed by atoms with Crippen molar-refractivity contribution in [3.8, 4) is 11.6 Å². The fraction of sp³-hybridized carbons (Fsp3) is 0.154. The molecule has 19 heavy (non-hydrogen) atoms.